The molecule has 4 heteroatoms. The molecule has 0 unspecified atom stereocenters. The summed E-state index contributed by atoms with van der Waals surface area (Å²) in [5.41, 5.74) is 3.02. The molecule has 0 fully saturated rings. The summed E-state index contributed by atoms with van der Waals surface area (Å²) in [6, 6.07) is 28.3. The molecule has 0 amide bonds. The van der Waals surface area contributed by atoms with Crippen LogP contribution in [-0.2, 0) is 0 Å². The molecule has 0 aliphatic rings. The summed E-state index contributed by atoms with van der Waals surface area (Å²) >= 11 is 6.08. The van der Waals surface area contributed by atoms with Crippen LogP contribution in [0.3, 0.4) is 0 Å². The van der Waals surface area contributed by atoms with E-state index in [0.29, 0.717) is 0 Å². The van der Waals surface area contributed by atoms with E-state index in [1.807, 2.05) is 48.5 Å². The molecule has 0 aliphatic heterocycles. The Morgan fingerprint density at radius 1 is 0.720 bits per heavy atom. The van der Waals surface area contributed by atoms with Gasteiger partial charge in [-0.1, -0.05) is 0 Å². The normalized spacial score (nSPS) is 10.8. The summed E-state index contributed by atoms with van der Waals surface area (Å²) in [5.74, 6) is 0.842. The molecule has 0 N–H and O–H groups in total. The Morgan fingerprint density at radius 3 is 1.96 bits per heavy atom. The molecule has 0 spiro atoms. The molecule has 0 saturated carbocycles. The summed E-state index contributed by atoms with van der Waals surface area (Å²) in [4.78, 5) is 0. The molecular weight excluding hydrogens is 397 g/mol. The van der Waals surface area contributed by atoms with Crippen LogP contribution in [0.25, 0.3) is 22.6 Å². The van der Waals surface area contributed by atoms with Crippen LogP contribution in [0.2, 0.25) is 5.02 Å². The SMILES string of the molecule is Clc1ccc([Se]c2c(-c3ccccc3)noc2-c2ccccc2)cc1. The van der Waals surface area contributed by atoms with Crippen molar-refractivity contribution in [3.05, 3.63) is 90.0 Å². The number of hydrogen-bond acceptors (Lipinski definition) is 2. The minimum atomic E-state index is 0.0565. The number of nitrogens with zero attached hydrogens (tertiary/aromatic N) is 1. The fourth-order valence-corrected chi connectivity index (χ4v) is 4.79. The van der Waals surface area contributed by atoms with Crippen molar-refractivity contribution < 1.29 is 4.52 Å². The molecule has 0 saturated heterocycles. The van der Waals surface area contributed by atoms with E-state index in [0.717, 1.165) is 32.1 Å². The van der Waals surface area contributed by atoms with Crippen molar-refractivity contribution in [2.75, 3.05) is 0 Å². The van der Waals surface area contributed by atoms with E-state index in [2.05, 4.69) is 41.6 Å². The molecule has 4 rings (SSSR count). The van der Waals surface area contributed by atoms with Gasteiger partial charge in [-0.15, -0.1) is 0 Å². The number of hydrogen-bond donors (Lipinski definition) is 0. The van der Waals surface area contributed by atoms with Gasteiger partial charge in [-0.25, -0.2) is 0 Å². The fraction of sp³-hybridized carbons (Fsp3) is 0. The van der Waals surface area contributed by atoms with Crippen molar-refractivity contribution >= 4 is 35.5 Å². The third-order valence-electron chi connectivity index (χ3n) is 3.77. The minimum absolute atomic E-state index is 0.0565. The van der Waals surface area contributed by atoms with E-state index in [-0.39, 0.29) is 15.0 Å². The second kappa shape index (κ2) is 7.28. The van der Waals surface area contributed by atoms with Crippen molar-refractivity contribution in [2.24, 2.45) is 0 Å². The van der Waals surface area contributed by atoms with Gasteiger partial charge in [-0.05, 0) is 0 Å². The van der Waals surface area contributed by atoms with E-state index < -0.39 is 0 Å². The van der Waals surface area contributed by atoms with Crippen LogP contribution in [0.15, 0.2) is 89.5 Å². The quantitative estimate of drug-likeness (QED) is 0.468. The zero-order valence-corrected chi connectivity index (χ0v) is 15.7. The van der Waals surface area contributed by atoms with Crippen LogP contribution in [0.5, 0.6) is 0 Å². The van der Waals surface area contributed by atoms with Crippen molar-refractivity contribution in [1.82, 2.24) is 5.16 Å². The first-order valence-corrected chi connectivity index (χ1v) is 9.94. The maximum atomic E-state index is 6.02. The Hall–Kier alpha value is -2.32. The summed E-state index contributed by atoms with van der Waals surface area (Å²) < 4.78 is 8.15. The molecule has 0 radical (unpaired) electrons. The van der Waals surface area contributed by atoms with Crippen molar-refractivity contribution in [3.63, 3.8) is 0 Å². The molecule has 0 bridgehead atoms. The predicted molar refractivity (Wildman–Crippen MR) is 104 cm³/mol. The van der Waals surface area contributed by atoms with Crippen LogP contribution in [0.1, 0.15) is 0 Å². The molecule has 25 heavy (non-hydrogen) atoms. The molecule has 0 aliphatic carbocycles. The fourth-order valence-electron chi connectivity index (χ4n) is 2.55. The first-order valence-electron chi connectivity index (χ1n) is 7.85. The number of benzene rings is 3. The molecular formula is C21H14ClNOSe. The van der Waals surface area contributed by atoms with Gasteiger partial charge in [0, 0.05) is 0 Å². The van der Waals surface area contributed by atoms with Crippen LogP contribution in [-0.4, -0.2) is 20.1 Å². The summed E-state index contributed by atoms with van der Waals surface area (Å²) in [6.07, 6.45) is 0. The number of halogens is 1. The third-order valence-corrected chi connectivity index (χ3v) is 6.31. The Kier molecular flexibility index (Phi) is 4.71. The zero-order valence-electron chi connectivity index (χ0n) is 13.2. The maximum absolute atomic E-state index is 6.02. The monoisotopic (exact) mass is 411 g/mol. The summed E-state index contributed by atoms with van der Waals surface area (Å²) in [5, 5.41) is 5.14. The molecule has 1 aromatic heterocycles. The Bertz CT molecular complexity index is 909. The standard InChI is InChI=1S/C21H14ClNOSe/c22-17-11-13-18(14-12-17)25-21-19(15-7-3-1-4-8-15)23-24-20(21)16-9-5-2-6-10-16/h1-14H. The first-order chi connectivity index (χ1) is 12.3. The van der Waals surface area contributed by atoms with Gasteiger partial charge in [0.2, 0.25) is 0 Å². The predicted octanol–water partition coefficient (Wildman–Crippen LogP) is 4.32. The van der Waals surface area contributed by atoms with E-state index >= 15 is 0 Å². The van der Waals surface area contributed by atoms with Gasteiger partial charge in [0.15, 0.2) is 0 Å². The Balaban J connectivity index is 1.83. The molecule has 4 aromatic rings. The van der Waals surface area contributed by atoms with E-state index in [4.69, 9.17) is 16.1 Å². The Morgan fingerprint density at radius 2 is 1.32 bits per heavy atom. The van der Waals surface area contributed by atoms with Crippen molar-refractivity contribution in [2.45, 2.75) is 0 Å². The summed E-state index contributed by atoms with van der Waals surface area (Å²) in [6.45, 7) is 0. The van der Waals surface area contributed by atoms with Crippen molar-refractivity contribution in [1.29, 1.82) is 0 Å². The first kappa shape index (κ1) is 16.2. The number of aromatic nitrogens is 1. The average molecular weight is 411 g/mol. The molecule has 1 heterocycles. The number of rotatable bonds is 4. The average Bonchev–Trinajstić information content (AvgIpc) is 3.08. The van der Waals surface area contributed by atoms with Gasteiger partial charge in [0.05, 0.1) is 0 Å². The second-order valence-electron chi connectivity index (χ2n) is 5.48. The summed E-state index contributed by atoms with van der Waals surface area (Å²) in [7, 11) is 0. The van der Waals surface area contributed by atoms with Gasteiger partial charge in [0.1, 0.15) is 0 Å². The molecule has 2 nitrogen and oxygen atoms in total. The van der Waals surface area contributed by atoms with Gasteiger partial charge in [-0.2, -0.15) is 0 Å². The van der Waals surface area contributed by atoms with Crippen LogP contribution >= 0.6 is 11.6 Å². The van der Waals surface area contributed by atoms with Crippen LogP contribution in [0, 0.1) is 0 Å². The molecule has 0 atom stereocenters. The van der Waals surface area contributed by atoms with Crippen LogP contribution < -0.4 is 8.92 Å². The zero-order chi connectivity index (χ0) is 17.1. The van der Waals surface area contributed by atoms with E-state index in [1.54, 1.807) is 0 Å². The second-order valence-corrected chi connectivity index (χ2v) is 8.19. The van der Waals surface area contributed by atoms with Crippen LogP contribution in [0.4, 0.5) is 0 Å². The van der Waals surface area contributed by atoms with E-state index in [9.17, 15) is 0 Å². The van der Waals surface area contributed by atoms with Crippen molar-refractivity contribution in [3.8, 4) is 22.6 Å². The van der Waals surface area contributed by atoms with Gasteiger partial charge in [-0.3, -0.25) is 0 Å². The third kappa shape index (κ3) is 3.54. The van der Waals surface area contributed by atoms with E-state index in [1.165, 1.54) is 4.46 Å². The van der Waals surface area contributed by atoms with Gasteiger partial charge >= 0.3 is 158 Å². The van der Waals surface area contributed by atoms with Gasteiger partial charge in [0.25, 0.3) is 0 Å². The Labute approximate surface area is 157 Å². The topological polar surface area (TPSA) is 26.0 Å². The van der Waals surface area contributed by atoms with Gasteiger partial charge < -0.3 is 0 Å². The molecule has 3 aromatic carbocycles. The molecule has 122 valence electrons.